The van der Waals surface area contributed by atoms with Crippen molar-refractivity contribution in [2.75, 3.05) is 0 Å². The molecule has 0 aliphatic rings. The van der Waals surface area contributed by atoms with Crippen LogP contribution in [0.25, 0.3) is 0 Å². The van der Waals surface area contributed by atoms with Crippen LogP contribution in [0.1, 0.15) is 0 Å². The molecule has 0 saturated carbocycles. The van der Waals surface area contributed by atoms with Gasteiger partial charge >= 0.3 is 30.8 Å². The molecule has 0 saturated heterocycles. The third kappa shape index (κ3) is 13.3. The maximum atomic E-state index is 7.75. The van der Waals surface area contributed by atoms with E-state index >= 15 is 0 Å². The molecule has 0 fully saturated rings. The molecule has 0 amide bonds. The van der Waals surface area contributed by atoms with Gasteiger partial charge in [-0.3, -0.25) is 0 Å². The maximum absolute atomic E-state index is 7.75. The van der Waals surface area contributed by atoms with E-state index in [9.17, 15) is 0 Å². The molecule has 9 rings (SSSR count). The summed E-state index contributed by atoms with van der Waals surface area (Å²) >= 11 is 0. The van der Waals surface area contributed by atoms with Crippen LogP contribution in [-0.2, 0) is 24.1 Å². The molecule has 0 N–H and O–H groups in total. The van der Waals surface area contributed by atoms with Gasteiger partial charge in [-0.25, -0.2) is 0 Å². The molecule has 5 heteroatoms. The quantitative estimate of drug-likeness (QED) is 0.0782. The molecule has 0 spiro atoms. The fraction of sp³-hybridized carbons (Fsp3) is 0. The molecule has 0 atom stereocenters. The fourth-order valence-electron chi connectivity index (χ4n) is 6.54. The standard InChI is InChI=1S/3C18H15P.CHO.Ru.2H/c3*1-4-10-16(11-5-1)19(17-12-6-2-7-13-17)18-14-8-3-9-15-18;1-2;;;/h3*1-15H;1H;;;/q;;;+1;;;. The largest absolute Gasteiger partial charge is 0.0622 e. The van der Waals surface area contributed by atoms with E-state index < -0.39 is 23.8 Å². The molecular formula is C55H48OP3Ru+. The Morgan fingerprint density at radius 2 is 0.267 bits per heavy atom. The summed E-state index contributed by atoms with van der Waals surface area (Å²) in [5.41, 5.74) is 0. The summed E-state index contributed by atoms with van der Waals surface area (Å²) in [7, 11) is -1.34. The Balaban J connectivity index is 0.000000166. The fourth-order valence-corrected chi connectivity index (χ4v) is 13.5. The first kappa shape index (κ1) is 45.7. The van der Waals surface area contributed by atoms with Crippen LogP contribution < -0.4 is 47.7 Å². The molecular weight excluding hydrogens is 871 g/mol. The van der Waals surface area contributed by atoms with Crippen LogP contribution in [0.5, 0.6) is 0 Å². The number of hydrogen-bond acceptors (Lipinski definition) is 0. The van der Waals surface area contributed by atoms with E-state index in [4.69, 9.17) is 4.65 Å². The molecule has 0 unspecified atom stereocenters. The van der Waals surface area contributed by atoms with Crippen LogP contribution in [-0.4, -0.2) is 0 Å². The second-order valence-corrected chi connectivity index (χ2v) is 19.7. The number of hydrogen-bond donors (Lipinski definition) is 0. The van der Waals surface area contributed by atoms with Gasteiger partial charge in [0.05, 0.1) is 0 Å². The second-order valence-electron chi connectivity index (χ2n) is 13.0. The van der Waals surface area contributed by atoms with Gasteiger partial charge in [0, 0.05) is 0 Å². The zero-order valence-electron chi connectivity index (χ0n) is 33.2. The normalized spacial score (nSPS) is 10.1. The third-order valence-corrected chi connectivity index (χ3v) is 16.5. The van der Waals surface area contributed by atoms with Crippen molar-refractivity contribution in [1.29, 1.82) is 0 Å². The Hall–Kier alpha value is -5.37. The smallest absolute Gasteiger partial charge is 0.0134 e. The van der Waals surface area contributed by atoms with E-state index in [-0.39, 0.29) is 19.5 Å². The van der Waals surface area contributed by atoms with Crippen molar-refractivity contribution in [3.8, 4) is 6.65 Å². The van der Waals surface area contributed by atoms with Crippen molar-refractivity contribution in [3.05, 3.63) is 273 Å². The molecule has 0 radical (unpaired) electrons. The average Bonchev–Trinajstić information content (AvgIpc) is 3.34. The topological polar surface area (TPSA) is 19.9 Å². The summed E-state index contributed by atoms with van der Waals surface area (Å²) in [4.78, 5) is 0. The minimum Gasteiger partial charge on any atom is -0.0622 e. The van der Waals surface area contributed by atoms with E-state index in [2.05, 4.69) is 280 Å². The molecule has 0 aromatic heterocycles. The Kier molecular flexibility index (Phi) is 19.8. The van der Waals surface area contributed by atoms with Crippen molar-refractivity contribution in [2.45, 2.75) is 0 Å². The van der Waals surface area contributed by atoms with Crippen LogP contribution in [0.4, 0.5) is 0 Å². The molecule has 296 valence electrons. The van der Waals surface area contributed by atoms with Crippen molar-refractivity contribution in [3.63, 3.8) is 0 Å². The van der Waals surface area contributed by atoms with E-state index in [1.54, 1.807) is 0 Å². The van der Waals surface area contributed by atoms with Gasteiger partial charge in [0.15, 0.2) is 0 Å². The molecule has 0 aliphatic carbocycles. The van der Waals surface area contributed by atoms with Crippen LogP contribution in [0.15, 0.2) is 273 Å². The monoisotopic (exact) mass is 919 g/mol. The van der Waals surface area contributed by atoms with Crippen LogP contribution in [0.2, 0.25) is 0 Å². The third-order valence-electron chi connectivity index (χ3n) is 9.13. The van der Waals surface area contributed by atoms with Gasteiger partial charge in [0.2, 0.25) is 0 Å². The first-order chi connectivity index (χ1) is 29.3. The van der Waals surface area contributed by atoms with Gasteiger partial charge in [0.25, 0.3) is 0 Å². The summed E-state index contributed by atoms with van der Waals surface area (Å²) in [5, 5.41) is 12.6. The maximum Gasteiger partial charge on any atom is -0.0134 e. The molecule has 0 aliphatic heterocycles. The van der Waals surface area contributed by atoms with Crippen LogP contribution in [0, 0.1) is 6.65 Å². The van der Waals surface area contributed by atoms with Crippen molar-refractivity contribution in [2.24, 2.45) is 0 Å². The summed E-state index contributed by atoms with van der Waals surface area (Å²) in [6.45, 7) is 3.25. The number of rotatable bonds is 9. The van der Waals surface area contributed by atoms with Crippen molar-refractivity contribution >= 4 is 71.5 Å². The predicted molar refractivity (Wildman–Crippen MR) is 264 cm³/mol. The molecule has 0 bridgehead atoms. The molecule has 9 aromatic carbocycles. The second kappa shape index (κ2) is 26.0. The van der Waals surface area contributed by atoms with Gasteiger partial charge in [-0.1, -0.05) is 273 Å². The molecule has 1 nitrogen and oxygen atoms in total. The zero-order valence-corrected chi connectivity index (χ0v) is 37.9. The summed E-state index contributed by atoms with van der Waals surface area (Å²) in [5.74, 6) is 0. The zero-order chi connectivity index (χ0) is 40.7. The summed E-state index contributed by atoms with van der Waals surface area (Å²) in [6, 6.07) is 97.0. The SMILES string of the molecule is C#[O+].[RuH2].c1ccc(P(c2ccccc2)c2ccccc2)cc1.c1ccc(P(c2ccccc2)c2ccccc2)cc1.c1ccc(P(c2ccccc2)c2ccccc2)cc1. The molecule has 0 heterocycles. The van der Waals surface area contributed by atoms with Crippen molar-refractivity contribution in [1.82, 2.24) is 0 Å². The van der Waals surface area contributed by atoms with E-state index in [0.29, 0.717) is 0 Å². The Morgan fingerprint density at radius 1 is 0.183 bits per heavy atom. The average molecular weight is 919 g/mol. The molecule has 60 heavy (non-hydrogen) atoms. The molecule has 9 aromatic rings. The minimum atomic E-state index is -0.446. The van der Waals surface area contributed by atoms with E-state index in [0.717, 1.165) is 0 Å². The predicted octanol–water partition coefficient (Wildman–Crippen LogP) is 9.80. The van der Waals surface area contributed by atoms with Crippen LogP contribution >= 0.6 is 23.8 Å². The van der Waals surface area contributed by atoms with Gasteiger partial charge in [0.1, 0.15) is 0 Å². The Labute approximate surface area is 373 Å². The van der Waals surface area contributed by atoms with Gasteiger partial charge < -0.3 is 0 Å². The summed E-state index contributed by atoms with van der Waals surface area (Å²) < 4.78 is 7.75. The van der Waals surface area contributed by atoms with Gasteiger partial charge in [-0.15, -0.1) is 0 Å². The Bertz CT molecular complexity index is 1920. The summed E-state index contributed by atoms with van der Waals surface area (Å²) in [6.07, 6.45) is 0. The van der Waals surface area contributed by atoms with Gasteiger partial charge in [-0.05, 0) is 71.5 Å². The van der Waals surface area contributed by atoms with Crippen molar-refractivity contribution < 1.29 is 24.1 Å². The minimum absolute atomic E-state index is 0. The van der Waals surface area contributed by atoms with E-state index in [1.807, 2.05) is 0 Å². The van der Waals surface area contributed by atoms with Crippen LogP contribution in [0.3, 0.4) is 0 Å². The Morgan fingerprint density at radius 3 is 0.350 bits per heavy atom. The first-order valence-electron chi connectivity index (χ1n) is 19.4. The first-order valence-corrected chi connectivity index (χ1v) is 23.5. The van der Waals surface area contributed by atoms with Gasteiger partial charge in [-0.2, -0.15) is 0 Å². The van der Waals surface area contributed by atoms with E-state index in [1.165, 1.54) is 47.7 Å². The number of benzene rings is 9.